The molecule has 0 radical (unpaired) electrons. The minimum absolute atomic E-state index is 0.115. The molecule has 0 aliphatic carbocycles. The van der Waals surface area contributed by atoms with Crippen molar-refractivity contribution in [3.63, 3.8) is 0 Å². The van der Waals surface area contributed by atoms with E-state index in [4.69, 9.17) is 0 Å². The highest BCUT2D eigenvalue weighted by Gasteiger charge is 2.07. The van der Waals surface area contributed by atoms with E-state index < -0.39 is 0 Å². The van der Waals surface area contributed by atoms with Crippen LogP contribution in [0.2, 0.25) is 0 Å². The molecule has 0 atom stereocenters. The van der Waals surface area contributed by atoms with Gasteiger partial charge in [0.1, 0.15) is 5.82 Å². The predicted molar refractivity (Wildman–Crippen MR) is 54.8 cm³/mol. The fourth-order valence-corrected chi connectivity index (χ4v) is 1.27. The van der Waals surface area contributed by atoms with Crippen LogP contribution in [0.4, 0.5) is 10.1 Å². The molecule has 0 heterocycles. The Morgan fingerprint density at radius 3 is 2.57 bits per heavy atom. The van der Waals surface area contributed by atoms with Crippen molar-refractivity contribution < 1.29 is 9.18 Å². The molecule has 76 valence electrons. The van der Waals surface area contributed by atoms with Gasteiger partial charge in [0.05, 0.1) is 0 Å². The summed E-state index contributed by atoms with van der Waals surface area (Å²) in [6.07, 6.45) is 0. The Morgan fingerprint density at radius 2 is 2.07 bits per heavy atom. The Bertz CT molecular complexity index is 347. The van der Waals surface area contributed by atoms with E-state index in [0.29, 0.717) is 11.3 Å². The van der Waals surface area contributed by atoms with Gasteiger partial charge in [0.15, 0.2) is 0 Å². The average Bonchev–Trinajstić information content (AvgIpc) is 2.07. The van der Waals surface area contributed by atoms with Gasteiger partial charge in [-0.15, -0.1) is 0 Å². The lowest BCUT2D eigenvalue weighted by Crippen LogP contribution is -2.06. The largest absolute Gasteiger partial charge is 0.326 e. The number of rotatable bonds is 2. The number of amides is 1. The molecule has 14 heavy (non-hydrogen) atoms. The van der Waals surface area contributed by atoms with Gasteiger partial charge in [-0.1, -0.05) is 13.8 Å². The van der Waals surface area contributed by atoms with Crippen molar-refractivity contribution in [3.05, 3.63) is 29.6 Å². The molecule has 0 unspecified atom stereocenters. The molecule has 0 bridgehead atoms. The van der Waals surface area contributed by atoms with Crippen LogP contribution in [0.15, 0.2) is 18.2 Å². The Balaban J connectivity index is 3.00. The smallest absolute Gasteiger partial charge is 0.221 e. The van der Waals surface area contributed by atoms with Crippen LogP contribution in [0, 0.1) is 5.82 Å². The van der Waals surface area contributed by atoms with Gasteiger partial charge in [-0.2, -0.15) is 0 Å². The van der Waals surface area contributed by atoms with Crippen molar-refractivity contribution in [2.24, 2.45) is 0 Å². The molecule has 0 aromatic heterocycles. The van der Waals surface area contributed by atoms with E-state index in [1.807, 2.05) is 13.8 Å². The lowest BCUT2D eigenvalue weighted by molar-refractivity contribution is -0.114. The van der Waals surface area contributed by atoms with Crippen molar-refractivity contribution in [1.82, 2.24) is 0 Å². The van der Waals surface area contributed by atoms with E-state index in [1.54, 1.807) is 12.1 Å². The lowest BCUT2D eigenvalue weighted by Gasteiger charge is -2.09. The minimum atomic E-state index is -0.228. The quantitative estimate of drug-likeness (QED) is 0.772. The fraction of sp³-hybridized carbons (Fsp3) is 0.364. The van der Waals surface area contributed by atoms with Gasteiger partial charge in [-0.25, -0.2) is 4.39 Å². The molecule has 0 aliphatic heterocycles. The van der Waals surface area contributed by atoms with E-state index in [1.165, 1.54) is 13.0 Å². The van der Waals surface area contributed by atoms with Gasteiger partial charge in [-0.3, -0.25) is 4.79 Å². The molecule has 1 amide bonds. The average molecular weight is 195 g/mol. The Morgan fingerprint density at radius 1 is 1.43 bits per heavy atom. The molecule has 1 aromatic rings. The van der Waals surface area contributed by atoms with Crippen LogP contribution in [0.3, 0.4) is 0 Å². The van der Waals surface area contributed by atoms with Crippen LogP contribution in [0.5, 0.6) is 0 Å². The van der Waals surface area contributed by atoms with Crippen LogP contribution in [-0.4, -0.2) is 5.91 Å². The summed E-state index contributed by atoms with van der Waals surface area (Å²) in [5, 5.41) is 2.62. The second kappa shape index (κ2) is 4.22. The summed E-state index contributed by atoms with van der Waals surface area (Å²) in [6, 6.07) is 4.60. The van der Waals surface area contributed by atoms with Gasteiger partial charge in [-0.05, 0) is 29.7 Å². The summed E-state index contributed by atoms with van der Waals surface area (Å²) in [7, 11) is 0. The normalized spacial score (nSPS) is 10.4. The number of halogens is 1. The maximum atomic E-state index is 13.2. The first kappa shape index (κ1) is 10.7. The molecule has 0 aliphatic rings. The standard InChI is InChI=1S/C11H14FNO/c1-7(2)10-6-9(13-8(3)14)4-5-11(10)12/h4-7H,1-3H3,(H,13,14). The molecular formula is C11H14FNO. The summed E-state index contributed by atoms with van der Waals surface area (Å²) in [6.45, 7) is 5.25. The molecule has 0 spiro atoms. The van der Waals surface area contributed by atoms with E-state index in [2.05, 4.69) is 5.32 Å². The monoisotopic (exact) mass is 195 g/mol. The molecule has 1 N–H and O–H groups in total. The maximum absolute atomic E-state index is 13.2. The second-order valence-electron chi connectivity index (χ2n) is 3.57. The highest BCUT2D eigenvalue weighted by Crippen LogP contribution is 2.22. The third-order valence-electron chi connectivity index (χ3n) is 1.94. The molecule has 1 aromatic carbocycles. The number of hydrogen-bond donors (Lipinski definition) is 1. The summed E-state index contributed by atoms with van der Waals surface area (Å²) < 4.78 is 13.2. The van der Waals surface area contributed by atoms with E-state index in [0.717, 1.165) is 0 Å². The summed E-state index contributed by atoms with van der Waals surface area (Å²) in [4.78, 5) is 10.8. The number of hydrogen-bond acceptors (Lipinski definition) is 1. The van der Waals surface area contributed by atoms with Crippen molar-refractivity contribution in [3.8, 4) is 0 Å². The zero-order valence-electron chi connectivity index (χ0n) is 8.60. The van der Waals surface area contributed by atoms with Crippen LogP contribution in [0.1, 0.15) is 32.3 Å². The Hall–Kier alpha value is -1.38. The van der Waals surface area contributed by atoms with Gasteiger partial charge in [0, 0.05) is 12.6 Å². The number of nitrogens with one attached hydrogen (secondary N) is 1. The molecule has 3 heteroatoms. The van der Waals surface area contributed by atoms with E-state index in [9.17, 15) is 9.18 Å². The van der Waals surface area contributed by atoms with Crippen LogP contribution < -0.4 is 5.32 Å². The Labute approximate surface area is 83.1 Å². The van der Waals surface area contributed by atoms with Crippen LogP contribution >= 0.6 is 0 Å². The summed E-state index contributed by atoms with van der Waals surface area (Å²) in [5.74, 6) is -0.260. The molecule has 1 rings (SSSR count). The SMILES string of the molecule is CC(=O)Nc1ccc(F)c(C(C)C)c1. The van der Waals surface area contributed by atoms with Crippen molar-refractivity contribution >= 4 is 11.6 Å². The van der Waals surface area contributed by atoms with Crippen LogP contribution in [-0.2, 0) is 4.79 Å². The topological polar surface area (TPSA) is 29.1 Å². The van der Waals surface area contributed by atoms with Gasteiger partial charge in [0.25, 0.3) is 0 Å². The molecule has 2 nitrogen and oxygen atoms in total. The predicted octanol–water partition coefficient (Wildman–Crippen LogP) is 2.91. The van der Waals surface area contributed by atoms with Crippen LogP contribution in [0.25, 0.3) is 0 Å². The summed E-state index contributed by atoms with van der Waals surface area (Å²) in [5.41, 5.74) is 1.26. The second-order valence-corrected chi connectivity index (χ2v) is 3.57. The molecule has 0 saturated carbocycles. The van der Waals surface area contributed by atoms with Crippen molar-refractivity contribution in [1.29, 1.82) is 0 Å². The highest BCUT2D eigenvalue weighted by atomic mass is 19.1. The lowest BCUT2D eigenvalue weighted by atomic mass is 10.0. The zero-order chi connectivity index (χ0) is 10.7. The van der Waals surface area contributed by atoms with Gasteiger partial charge in [0.2, 0.25) is 5.91 Å². The first-order chi connectivity index (χ1) is 6.50. The van der Waals surface area contributed by atoms with Gasteiger partial charge < -0.3 is 5.32 Å². The number of carbonyl (C=O) groups excluding carboxylic acids is 1. The van der Waals surface area contributed by atoms with Crippen molar-refractivity contribution in [2.75, 3.05) is 5.32 Å². The fourth-order valence-electron chi connectivity index (χ4n) is 1.27. The number of benzene rings is 1. The minimum Gasteiger partial charge on any atom is -0.326 e. The zero-order valence-corrected chi connectivity index (χ0v) is 8.60. The molecule has 0 saturated heterocycles. The van der Waals surface area contributed by atoms with Gasteiger partial charge >= 0.3 is 0 Å². The number of carbonyl (C=O) groups is 1. The van der Waals surface area contributed by atoms with Crippen molar-refractivity contribution in [2.45, 2.75) is 26.7 Å². The Kier molecular flexibility index (Phi) is 3.23. The van der Waals surface area contributed by atoms with E-state index in [-0.39, 0.29) is 17.6 Å². The highest BCUT2D eigenvalue weighted by molar-refractivity contribution is 5.88. The molecule has 0 fully saturated rings. The first-order valence-electron chi connectivity index (χ1n) is 4.57. The maximum Gasteiger partial charge on any atom is 0.221 e. The summed E-state index contributed by atoms with van der Waals surface area (Å²) >= 11 is 0. The third kappa shape index (κ3) is 2.55. The van der Waals surface area contributed by atoms with E-state index >= 15 is 0 Å². The number of anilines is 1. The third-order valence-corrected chi connectivity index (χ3v) is 1.94. The molecular weight excluding hydrogens is 181 g/mol. The first-order valence-corrected chi connectivity index (χ1v) is 4.57.